The van der Waals surface area contributed by atoms with Crippen LogP contribution in [0.15, 0.2) is 4.99 Å². The van der Waals surface area contributed by atoms with Crippen molar-refractivity contribution in [1.82, 2.24) is 10.6 Å². The minimum atomic E-state index is 0. The molecule has 0 radical (unpaired) electrons. The monoisotopic (exact) mass is 367 g/mol. The summed E-state index contributed by atoms with van der Waals surface area (Å²) in [6.07, 6.45) is 11.1. The molecule has 1 aliphatic rings. The number of thioether (sulfide) groups is 1. The molecule has 0 saturated heterocycles. The summed E-state index contributed by atoms with van der Waals surface area (Å²) in [6.45, 7) is 3.37. The van der Waals surface area contributed by atoms with Crippen molar-refractivity contribution in [2.75, 3.05) is 19.3 Å². The van der Waals surface area contributed by atoms with Gasteiger partial charge in [-0.05, 0) is 32.4 Å². The molecule has 98 valence electrons. The molecular formula is C12H22IN3S. The summed E-state index contributed by atoms with van der Waals surface area (Å²) in [5, 5.41) is 7.46. The van der Waals surface area contributed by atoms with E-state index in [2.05, 4.69) is 34.7 Å². The van der Waals surface area contributed by atoms with Crippen LogP contribution in [0.3, 0.4) is 0 Å². The number of terminal acetylenes is 1. The van der Waals surface area contributed by atoms with E-state index >= 15 is 0 Å². The van der Waals surface area contributed by atoms with Gasteiger partial charge in [-0.2, -0.15) is 11.8 Å². The van der Waals surface area contributed by atoms with Gasteiger partial charge in [0.05, 0.1) is 0 Å². The molecule has 1 saturated carbocycles. The minimum absolute atomic E-state index is 0. The Kier molecular flexibility index (Phi) is 9.84. The van der Waals surface area contributed by atoms with E-state index < -0.39 is 0 Å². The molecule has 0 aromatic rings. The molecule has 0 aliphatic heterocycles. The van der Waals surface area contributed by atoms with Gasteiger partial charge in [-0.1, -0.05) is 5.92 Å². The number of hydrogen-bond acceptors (Lipinski definition) is 2. The quantitative estimate of drug-likeness (QED) is 0.346. The first-order valence-corrected chi connectivity index (χ1v) is 7.10. The minimum Gasteiger partial charge on any atom is -0.357 e. The largest absolute Gasteiger partial charge is 0.357 e. The topological polar surface area (TPSA) is 36.4 Å². The molecule has 0 aromatic heterocycles. The van der Waals surface area contributed by atoms with Crippen molar-refractivity contribution in [2.45, 2.75) is 37.5 Å². The van der Waals surface area contributed by atoms with Crippen LogP contribution < -0.4 is 10.6 Å². The Morgan fingerprint density at radius 1 is 1.53 bits per heavy atom. The third-order valence-electron chi connectivity index (χ3n) is 2.73. The molecule has 3 nitrogen and oxygen atoms in total. The molecule has 17 heavy (non-hydrogen) atoms. The van der Waals surface area contributed by atoms with E-state index in [1.54, 1.807) is 0 Å². The summed E-state index contributed by atoms with van der Waals surface area (Å²) in [5.74, 6) is 3.38. The van der Waals surface area contributed by atoms with E-state index in [1.807, 2.05) is 11.8 Å². The lowest BCUT2D eigenvalue weighted by Crippen LogP contribution is -2.42. The van der Waals surface area contributed by atoms with Crippen molar-refractivity contribution in [3.8, 4) is 12.3 Å². The molecule has 2 unspecified atom stereocenters. The fourth-order valence-electron chi connectivity index (χ4n) is 1.92. The molecule has 0 heterocycles. The molecule has 0 aromatic carbocycles. The number of nitrogens with one attached hydrogen (secondary N) is 2. The van der Waals surface area contributed by atoms with E-state index in [4.69, 9.17) is 6.42 Å². The van der Waals surface area contributed by atoms with Crippen LogP contribution in [-0.4, -0.2) is 36.6 Å². The van der Waals surface area contributed by atoms with Gasteiger partial charge < -0.3 is 10.6 Å². The van der Waals surface area contributed by atoms with Crippen molar-refractivity contribution in [3.05, 3.63) is 0 Å². The number of guanidine groups is 1. The lowest BCUT2D eigenvalue weighted by atomic mass is 10.2. The lowest BCUT2D eigenvalue weighted by Gasteiger charge is -2.16. The van der Waals surface area contributed by atoms with Gasteiger partial charge in [0.1, 0.15) is 6.54 Å². The zero-order valence-electron chi connectivity index (χ0n) is 10.5. The predicted octanol–water partition coefficient (Wildman–Crippen LogP) is 2.08. The lowest BCUT2D eigenvalue weighted by molar-refractivity contribution is 0.616. The maximum absolute atomic E-state index is 5.21. The number of aliphatic imine (C=N–C) groups is 1. The Bertz CT molecular complexity index is 275. The van der Waals surface area contributed by atoms with E-state index in [0.717, 1.165) is 17.8 Å². The summed E-state index contributed by atoms with van der Waals surface area (Å²) in [4.78, 5) is 4.30. The van der Waals surface area contributed by atoms with E-state index in [0.29, 0.717) is 12.6 Å². The SMILES string of the molecule is C#CCN=C(NCC)NC1CCC(SC)C1.I. The Labute approximate surface area is 126 Å². The fraction of sp³-hybridized carbons (Fsp3) is 0.750. The van der Waals surface area contributed by atoms with Crippen LogP contribution >= 0.6 is 35.7 Å². The molecule has 1 aliphatic carbocycles. The summed E-state index contributed by atoms with van der Waals surface area (Å²) >= 11 is 1.96. The van der Waals surface area contributed by atoms with Gasteiger partial charge in [0.2, 0.25) is 0 Å². The summed E-state index contributed by atoms with van der Waals surface area (Å²) in [6, 6.07) is 0.549. The smallest absolute Gasteiger partial charge is 0.192 e. The Balaban J connectivity index is 0.00000256. The van der Waals surface area contributed by atoms with Gasteiger partial charge >= 0.3 is 0 Å². The van der Waals surface area contributed by atoms with Gasteiger partial charge in [-0.15, -0.1) is 30.4 Å². The second-order valence-electron chi connectivity index (χ2n) is 3.91. The molecule has 2 N–H and O–H groups in total. The van der Waals surface area contributed by atoms with Gasteiger partial charge in [-0.3, -0.25) is 0 Å². The number of nitrogens with zero attached hydrogens (tertiary/aromatic N) is 1. The number of halogens is 1. The molecule has 5 heteroatoms. The van der Waals surface area contributed by atoms with Crippen LogP contribution in [0.25, 0.3) is 0 Å². The molecule has 0 spiro atoms. The highest BCUT2D eigenvalue weighted by atomic mass is 127. The molecule has 0 bridgehead atoms. The first-order valence-electron chi connectivity index (χ1n) is 5.81. The Morgan fingerprint density at radius 2 is 2.29 bits per heavy atom. The van der Waals surface area contributed by atoms with Crippen molar-refractivity contribution in [1.29, 1.82) is 0 Å². The van der Waals surface area contributed by atoms with E-state index in [1.165, 1.54) is 19.3 Å². The highest BCUT2D eigenvalue weighted by Gasteiger charge is 2.24. The average molecular weight is 367 g/mol. The number of hydrogen-bond donors (Lipinski definition) is 2. The second-order valence-corrected chi connectivity index (χ2v) is 5.05. The Morgan fingerprint density at radius 3 is 2.82 bits per heavy atom. The van der Waals surface area contributed by atoms with Crippen LogP contribution in [0.4, 0.5) is 0 Å². The van der Waals surface area contributed by atoms with Crippen molar-refractivity contribution in [3.63, 3.8) is 0 Å². The first-order chi connectivity index (χ1) is 7.80. The van der Waals surface area contributed by atoms with Crippen LogP contribution in [0.5, 0.6) is 0 Å². The Hall–Kier alpha value is -0.0900. The zero-order valence-corrected chi connectivity index (χ0v) is 13.7. The zero-order chi connectivity index (χ0) is 11.8. The third kappa shape index (κ3) is 6.41. The molecule has 1 rings (SSSR count). The number of rotatable bonds is 4. The second kappa shape index (κ2) is 9.89. The summed E-state index contributed by atoms with van der Waals surface area (Å²) < 4.78 is 0. The van der Waals surface area contributed by atoms with Crippen LogP contribution in [0.1, 0.15) is 26.2 Å². The fourth-order valence-corrected chi connectivity index (χ4v) is 2.72. The highest BCUT2D eigenvalue weighted by molar-refractivity contribution is 14.0. The van der Waals surface area contributed by atoms with Gasteiger partial charge in [0.15, 0.2) is 5.96 Å². The maximum atomic E-state index is 5.21. The van der Waals surface area contributed by atoms with Crippen molar-refractivity contribution >= 4 is 41.7 Å². The highest BCUT2D eigenvalue weighted by Crippen LogP contribution is 2.27. The van der Waals surface area contributed by atoms with Gasteiger partial charge in [0.25, 0.3) is 0 Å². The molecular weight excluding hydrogens is 345 g/mol. The average Bonchev–Trinajstić information content (AvgIpc) is 2.74. The van der Waals surface area contributed by atoms with E-state index in [-0.39, 0.29) is 24.0 Å². The molecule has 1 fully saturated rings. The van der Waals surface area contributed by atoms with Gasteiger partial charge in [-0.25, -0.2) is 4.99 Å². The van der Waals surface area contributed by atoms with Crippen LogP contribution in [0.2, 0.25) is 0 Å². The van der Waals surface area contributed by atoms with Crippen molar-refractivity contribution < 1.29 is 0 Å². The van der Waals surface area contributed by atoms with Crippen LogP contribution in [0, 0.1) is 12.3 Å². The first kappa shape index (κ1) is 16.9. The summed E-state index contributed by atoms with van der Waals surface area (Å²) in [5.41, 5.74) is 0. The normalized spacial score (nSPS) is 23.7. The van der Waals surface area contributed by atoms with E-state index in [9.17, 15) is 0 Å². The van der Waals surface area contributed by atoms with Crippen LogP contribution in [-0.2, 0) is 0 Å². The summed E-state index contributed by atoms with van der Waals surface area (Å²) in [7, 11) is 0. The van der Waals surface area contributed by atoms with Gasteiger partial charge in [0, 0.05) is 17.8 Å². The maximum Gasteiger partial charge on any atom is 0.192 e. The third-order valence-corrected chi connectivity index (χ3v) is 3.83. The van der Waals surface area contributed by atoms with Crippen molar-refractivity contribution in [2.24, 2.45) is 4.99 Å². The predicted molar refractivity (Wildman–Crippen MR) is 88.3 cm³/mol. The molecule has 2 atom stereocenters. The molecule has 0 amide bonds. The standard InChI is InChI=1S/C12H21N3S.HI/c1-4-8-14-12(13-5-2)15-10-6-7-11(9-10)16-3;/h1,10-11H,5-9H2,2-3H3,(H2,13,14,15);1H.